The molecule has 2 aliphatic rings. The standard InChI is InChI=1S/C8H15N3S/c1-6-4-9-8(10-6)11-7-2-3-12-5-7/h6-7H,2-5H2,1H3,(H2,9,10,11). The van der Waals surface area contributed by atoms with E-state index in [2.05, 4.69) is 22.5 Å². The van der Waals surface area contributed by atoms with E-state index in [0.29, 0.717) is 12.1 Å². The van der Waals surface area contributed by atoms with E-state index < -0.39 is 0 Å². The molecular weight excluding hydrogens is 170 g/mol. The van der Waals surface area contributed by atoms with Crippen molar-refractivity contribution >= 4 is 17.7 Å². The molecule has 0 radical (unpaired) electrons. The molecule has 2 atom stereocenters. The quantitative estimate of drug-likeness (QED) is 0.622. The second-order valence-corrected chi connectivity index (χ2v) is 4.59. The zero-order chi connectivity index (χ0) is 8.39. The van der Waals surface area contributed by atoms with E-state index in [1.807, 2.05) is 11.8 Å². The zero-order valence-electron chi connectivity index (χ0n) is 7.34. The maximum absolute atomic E-state index is 4.37. The molecule has 0 amide bonds. The normalized spacial score (nSPS) is 34.6. The Bertz CT molecular complexity index is 187. The predicted octanol–water partition coefficient (Wildman–Crippen LogP) is 0.429. The summed E-state index contributed by atoms with van der Waals surface area (Å²) in [6.07, 6.45) is 1.28. The van der Waals surface area contributed by atoms with Gasteiger partial charge in [0.1, 0.15) is 0 Å². The molecule has 2 N–H and O–H groups in total. The number of nitrogens with one attached hydrogen (secondary N) is 2. The molecule has 68 valence electrons. The highest BCUT2D eigenvalue weighted by Gasteiger charge is 2.19. The van der Waals surface area contributed by atoms with Gasteiger partial charge in [-0.3, -0.25) is 4.99 Å². The Morgan fingerprint density at radius 1 is 1.67 bits per heavy atom. The van der Waals surface area contributed by atoms with Crippen LogP contribution in [0.2, 0.25) is 0 Å². The first-order valence-corrected chi connectivity index (χ1v) is 5.65. The van der Waals surface area contributed by atoms with Crippen LogP contribution in [0.4, 0.5) is 0 Å². The second kappa shape index (κ2) is 3.56. The molecule has 0 aromatic rings. The number of guanidine groups is 1. The molecule has 2 rings (SSSR count). The minimum atomic E-state index is 0.515. The van der Waals surface area contributed by atoms with Crippen molar-refractivity contribution < 1.29 is 0 Å². The summed E-state index contributed by atoms with van der Waals surface area (Å²) in [6, 6.07) is 1.16. The molecule has 4 heteroatoms. The third kappa shape index (κ3) is 1.86. The number of rotatable bonds is 1. The topological polar surface area (TPSA) is 36.4 Å². The monoisotopic (exact) mass is 185 g/mol. The smallest absolute Gasteiger partial charge is 0.191 e. The molecule has 3 nitrogen and oxygen atoms in total. The summed E-state index contributed by atoms with van der Waals surface area (Å²) in [4.78, 5) is 4.37. The second-order valence-electron chi connectivity index (χ2n) is 3.44. The van der Waals surface area contributed by atoms with Crippen LogP contribution in [0.5, 0.6) is 0 Å². The van der Waals surface area contributed by atoms with Gasteiger partial charge in [0.05, 0.1) is 6.54 Å². The van der Waals surface area contributed by atoms with E-state index in [1.54, 1.807) is 0 Å². The van der Waals surface area contributed by atoms with Crippen LogP contribution in [0.1, 0.15) is 13.3 Å². The molecular formula is C8H15N3S. The van der Waals surface area contributed by atoms with Crippen molar-refractivity contribution in [2.45, 2.75) is 25.4 Å². The third-order valence-electron chi connectivity index (χ3n) is 2.18. The van der Waals surface area contributed by atoms with Crippen LogP contribution >= 0.6 is 11.8 Å². The Labute approximate surface area is 77.4 Å². The molecule has 1 fully saturated rings. The summed E-state index contributed by atoms with van der Waals surface area (Å²) >= 11 is 2.02. The van der Waals surface area contributed by atoms with Gasteiger partial charge >= 0.3 is 0 Å². The average molecular weight is 185 g/mol. The van der Waals surface area contributed by atoms with E-state index in [0.717, 1.165) is 12.5 Å². The number of thioether (sulfide) groups is 1. The first kappa shape index (κ1) is 8.23. The van der Waals surface area contributed by atoms with Crippen LogP contribution in [-0.2, 0) is 0 Å². The van der Waals surface area contributed by atoms with Crippen molar-refractivity contribution in [1.82, 2.24) is 10.6 Å². The molecule has 0 bridgehead atoms. The maximum atomic E-state index is 4.37. The number of aliphatic imine (C=N–C) groups is 1. The fraction of sp³-hybridized carbons (Fsp3) is 0.875. The number of hydrogen-bond donors (Lipinski definition) is 2. The Morgan fingerprint density at radius 3 is 3.17 bits per heavy atom. The summed E-state index contributed by atoms with van der Waals surface area (Å²) in [5, 5.41) is 6.74. The van der Waals surface area contributed by atoms with Crippen molar-refractivity contribution in [1.29, 1.82) is 0 Å². The Morgan fingerprint density at radius 2 is 2.58 bits per heavy atom. The summed E-state index contributed by atoms with van der Waals surface area (Å²) in [6.45, 7) is 3.07. The van der Waals surface area contributed by atoms with Gasteiger partial charge in [-0.25, -0.2) is 0 Å². The molecule has 0 saturated carbocycles. The van der Waals surface area contributed by atoms with E-state index in [-0.39, 0.29) is 0 Å². The predicted molar refractivity (Wildman–Crippen MR) is 53.8 cm³/mol. The summed E-state index contributed by atoms with van der Waals surface area (Å²) in [5.74, 6) is 3.53. The van der Waals surface area contributed by atoms with Gasteiger partial charge in [-0.15, -0.1) is 0 Å². The minimum Gasteiger partial charge on any atom is -0.353 e. The van der Waals surface area contributed by atoms with E-state index >= 15 is 0 Å². The average Bonchev–Trinajstić information content (AvgIpc) is 2.63. The van der Waals surface area contributed by atoms with Gasteiger partial charge in [-0.05, 0) is 19.1 Å². The minimum absolute atomic E-state index is 0.515. The lowest BCUT2D eigenvalue weighted by Crippen LogP contribution is -2.43. The summed E-state index contributed by atoms with van der Waals surface area (Å²) < 4.78 is 0. The van der Waals surface area contributed by atoms with Crippen LogP contribution in [0.25, 0.3) is 0 Å². The SMILES string of the molecule is CC1CN=C(NC2CCSC2)N1. The van der Waals surface area contributed by atoms with Gasteiger partial charge < -0.3 is 10.6 Å². The molecule has 2 heterocycles. The molecule has 2 unspecified atom stereocenters. The molecule has 0 aromatic heterocycles. The van der Waals surface area contributed by atoms with Crippen LogP contribution in [-0.4, -0.2) is 36.1 Å². The van der Waals surface area contributed by atoms with Crippen LogP contribution in [0.15, 0.2) is 4.99 Å². The molecule has 2 aliphatic heterocycles. The Balaban J connectivity index is 1.79. The van der Waals surface area contributed by atoms with E-state index in [4.69, 9.17) is 0 Å². The molecule has 1 saturated heterocycles. The number of hydrogen-bond acceptors (Lipinski definition) is 4. The van der Waals surface area contributed by atoms with Crippen molar-refractivity contribution in [3.8, 4) is 0 Å². The van der Waals surface area contributed by atoms with Crippen LogP contribution in [0, 0.1) is 0 Å². The van der Waals surface area contributed by atoms with Gasteiger partial charge in [-0.2, -0.15) is 11.8 Å². The molecule has 0 aromatic carbocycles. The van der Waals surface area contributed by atoms with Crippen molar-refractivity contribution in [2.75, 3.05) is 18.1 Å². The molecule has 0 spiro atoms. The maximum Gasteiger partial charge on any atom is 0.191 e. The lowest BCUT2D eigenvalue weighted by Gasteiger charge is -2.13. The highest BCUT2D eigenvalue weighted by molar-refractivity contribution is 7.99. The Kier molecular flexibility index (Phi) is 2.44. The van der Waals surface area contributed by atoms with E-state index in [1.165, 1.54) is 17.9 Å². The summed E-state index contributed by atoms with van der Waals surface area (Å²) in [5.41, 5.74) is 0. The highest BCUT2D eigenvalue weighted by atomic mass is 32.2. The van der Waals surface area contributed by atoms with Crippen LogP contribution < -0.4 is 10.6 Å². The fourth-order valence-electron chi connectivity index (χ4n) is 1.48. The van der Waals surface area contributed by atoms with Crippen LogP contribution in [0.3, 0.4) is 0 Å². The summed E-state index contributed by atoms with van der Waals surface area (Å²) in [7, 11) is 0. The van der Waals surface area contributed by atoms with Gasteiger partial charge in [0.15, 0.2) is 5.96 Å². The van der Waals surface area contributed by atoms with Crippen molar-refractivity contribution in [3.05, 3.63) is 0 Å². The van der Waals surface area contributed by atoms with Gasteiger partial charge in [0.2, 0.25) is 0 Å². The zero-order valence-corrected chi connectivity index (χ0v) is 8.16. The first-order valence-electron chi connectivity index (χ1n) is 4.50. The van der Waals surface area contributed by atoms with Crippen molar-refractivity contribution in [3.63, 3.8) is 0 Å². The largest absolute Gasteiger partial charge is 0.353 e. The van der Waals surface area contributed by atoms with Crippen molar-refractivity contribution in [2.24, 2.45) is 4.99 Å². The fourth-order valence-corrected chi connectivity index (χ4v) is 2.63. The molecule has 0 aliphatic carbocycles. The van der Waals surface area contributed by atoms with Gasteiger partial charge in [0, 0.05) is 17.8 Å². The first-order chi connectivity index (χ1) is 5.84. The van der Waals surface area contributed by atoms with Gasteiger partial charge in [-0.1, -0.05) is 0 Å². The lowest BCUT2D eigenvalue weighted by molar-refractivity contribution is 0.652. The van der Waals surface area contributed by atoms with E-state index in [9.17, 15) is 0 Å². The lowest BCUT2D eigenvalue weighted by atomic mass is 10.3. The highest BCUT2D eigenvalue weighted by Crippen LogP contribution is 2.16. The third-order valence-corrected chi connectivity index (χ3v) is 3.34. The van der Waals surface area contributed by atoms with Gasteiger partial charge in [0.25, 0.3) is 0 Å². The Hall–Kier alpha value is -0.380. The molecule has 12 heavy (non-hydrogen) atoms. The number of nitrogens with zero attached hydrogens (tertiary/aromatic N) is 1.